The Balaban J connectivity index is 4.11. The number of allylic oxidation sites excluding steroid dienone is 4. The van der Waals surface area contributed by atoms with Crippen LogP contribution in [0.3, 0.4) is 0 Å². The molecule has 0 saturated carbocycles. The molecular weight excluding hydrogens is 146 g/mol. The van der Waals surface area contributed by atoms with Gasteiger partial charge in [-0.25, -0.2) is 0 Å². The zero-order valence-electron chi connectivity index (χ0n) is 8.52. The predicted octanol–water partition coefficient (Wildman–Crippen LogP) is 3.57. The lowest BCUT2D eigenvalue weighted by Gasteiger charge is -2.04. The molecule has 0 saturated heterocycles. The molecule has 0 aliphatic rings. The smallest absolute Gasteiger partial charge is 0.0283 e. The molecule has 0 fully saturated rings. The van der Waals surface area contributed by atoms with Crippen LogP contribution in [0.15, 0.2) is 23.8 Å². The first-order chi connectivity index (χ1) is 5.56. The summed E-state index contributed by atoms with van der Waals surface area (Å²) in [6.07, 6.45) is 7.08. The van der Waals surface area contributed by atoms with Crippen LogP contribution in [0.2, 0.25) is 0 Å². The molecule has 0 heterocycles. The number of nitrogens with one attached hydrogen (secondary N) is 1. The van der Waals surface area contributed by atoms with E-state index < -0.39 is 0 Å². The standard InChI is InChI=1S/C11H19N/c1-5-11(8-9(2)3)7-6-10(4)12/h5-7,9,12H,8H2,1-4H3/b7-6-,11-5+,12-10?. The molecule has 0 unspecified atom stereocenters. The average Bonchev–Trinajstić information content (AvgIpc) is 1.97. The fourth-order valence-electron chi connectivity index (χ4n) is 0.986. The summed E-state index contributed by atoms with van der Waals surface area (Å²) >= 11 is 0. The molecule has 0 spiro atoms. The maximum atomic E-state index is 7.23. The first-order valence-corrected chi connectivity index (χ1v) is 4.44. The maximum absolute atomic E-state index is 7.23. The van der Waals surface area contributed by atoms with Gasteiger partial charge in [-0.05, 0) is 32.3 Å². The molecule has 1 N–H and O–H groups in total. The molecule has 0 aromatic heterocycles. The van der Waals surface area contributed by atoms with Crippen molar-refractivity contribution < 1.29 is 0 Å². The van der Waals surface area contributed by atoms with E-state index in [0.717, 1.165) is 6.42 Å². The summed E-state index contributed by atoms with van der Waals surface area (Å²) in [5.74, 6) is 0.687. The molecule has 0 radical (unpaired) electrons. The van der Waals surface area contributed by atoms with Crippen LogP contribution in [0.4, 0.5) is 0 Å². The van der Waals surface area contributed by atoms with Gasteiger partial charge in [0.05, 0.1) is 0 Å². The van der Waals surface area contributed by atoms with E-state index in [9.17, 15) is 0 Å². The van der Waals surface area contributed by atoms with Gasteiger partial charge in [-0.3, -0.25) is 0 Å². The van der Waals surface area contributed by atoms with E-state index in [-0.39, 0.29) is 0 Å². The second-order valence-electron chi connectivity index (χ2n) is 3.48. The van der Waals surface area contributed by atoms with Gasteiger partial charge in [0.2, 0.25) is 0 Å². The Morgan fingerprint density at radius 1 is 1.33 bits per heavy atom. The van der Waals surface area contributed by atoms with E-state index in [1.807, 2.05) is 19.1 Å². The Morgan fingerprint density at radius 3 is 2.25 bits per heavy atom. The molecule has 0 aromatic rings. The van der Waals surface area contributed by atoms with Crippen molar-refractivity contribution in [2.75, 3.05) is 0 Å². The first-order valence-electron chi connectivity index (χ1n) is 4.44. The highest BCUT2D eigenvalue weighted by Crippen LogP contribution is 2.11. The fraction of sp³-hybridized carbons (Fsp3) is 0.545. The van der Waals surface area contributed by atoms with Crippen LogP contribution in [0.25, 0.3) is 0 Å². The Morgan fingerprint density at radius 2 is 1.92 bits per heavy atom. The summed E-state index contributed by atoms with van der Waals surface area (Å²) in [7, 11) is 0. The maximum Gasteiger partial charge on any atom is 0.0283 e. The van der Waals surface area contributed by atoms with Crippen molar-refractivity contribution in [3.05, 3.63) is 23.8 Å². The second-order valence-corrected chi connectivity index (χ2v) is 3.48. The third kappa shape index (κ3) is 5.90. The van der Waals surface area contributed by atoms with Crippen LogP contribution in [0, 0.1) is 11.3 Å². The van der Waals surface area contributed by atoms with E-state index in [2.05, 4.69) is 19.9 Å². The summed E-state index contributed by atoms with van der Waals surface area (Å²) in [6.45, 7) is 8.24. The quantitative estimate of drug-likeness (QED) is 0.486. The SMILES string of the molecule is C/C=C(\C=C/C(C)=N)CC(C)C. The van der Waals surface area contributed by atoms with Crippen molar-refractivity contribution in [3.8, 4) is 0 Å². The molecule has 68 valence electrons. The lowest BCUT2D eigenvalue weighted by Crippen LogP contribution is -1.89. The molecule has 0 bridgehead atoms. The first kappa shape index (κ1) is 11.2. The molecule has 0 rings (SSSR count). The number of hydrogen-bond acceptors (Lipinski definition) is 1. The highest BCUT2D eigenvalue weighted by molar-refractivity contribution is 5.90. The minimum atomic E-state index is 0.609. The number of rotatable bonds is 4. The summed E-state index contributed by atoms with van der Waals surface area (Å²) < 4.78 is 0. The van der Waals surface area contributed by atoms with E-state index in [1.54, 1.807) is 6.92 Å². The minimum Gasteiger partial charge on any atom is -0.306 e. The van der Waals surface area contributed by atoms with Gasteiger partial charge >= 0.3 is 0 Å². The summed E-state index contributed by atoms with van der Waals surface area (Å²) in [4.78, 5) is 0. The molecule has 1 nitrogen and oxygen atoms in total. The van der Waals surface area contributed by atoms with Gasteiger partial charge in [-0.2, -0.15) is 0 Å². The van der Waals surface area contributed by atoms with Crippen molar-refractivity contribution >= 4 is 5.71 Å². The molecule has 0 amide bonds. The van der Waals surface area contributed by atoms with Crippen LogP contribution in [-0.2, 0) is 0 Å². The third-order valence-electron chi connectivity index (χ3n) is 1.56. The summed E-state index contributed by atoms with van der Waals surface area (Å²) in [5, 5.41) is 7.23. The summed E-state index contributed by atoms with van der Waals surface area (Å²) in [6, 6.07) is 0. The molecular formula is C11H19N. The van der Waals surface area contributed by atoms with Crippen molar-refractivity contribution in [2.24, 2.45) is 5.92 Å². The second kappa shape index (κ2) is 5.76. The van der Waals surface area contributed by atoms with E-state index in [4.69, 9.17) is 5.41 Å². The van der Waals surface area contributed by atoms with Crippen molar-refractivity contribution in [2.45, 2.75) is 34.1 Å². The van der Waals surface area contributed by atoms with Gasteiger partial charge in [0.1, 0.15) is 0 Å². The lowest BCUT2D eigenvalue weighted by molar-refractivity contribution is 0.649. The third-order valence-corrected chi connectivity index (χ3v) is 1.56. The fourth-order valence-corrected chi connectivity index (χ4v) is 0.986. The molecule has 0 aromatic carbocycles. The lowest BCUT2D eigenvalue weighted by atomic mass is 10.0. The van der Waals surface area contributed by atoms with Crippen molar-refractivity contribution in [3.63, 3.8) is 0 Å². The van der Waals surface area contributed by atoms with Gasteiger partial charge in [-0.15, -0.1) is 0 Å². The Hall–Kier alpha value is -0.850. The normalized spacial score (nSPS) is 12.9. The van der Waals surface area contributed by atoms with Gasteiger partial charge in [-0.1, -0.05) is 31.6 Å². The molecule has 0 aliphatic carbocycles. The van der Waals surface area contributed by atoms with E-state index in [1.165, 1.54) is 5.57 Å². The molecule has 12 heavy (non-hydrogen) atoms. The zero-order chi connectivity index (χ0) is 9.56. The van der Waals surface area contributed by atoms with Crippen LogP contribution < -0.4 is 0 Å². The molecule has 0 atom stereocenters. The van der Waals surface area contributed by atoms with Gasteiger partial charge in [0.15, 0.2) is 0 Å². The van der Waals surface area contributed by atoms with Crippen molar-refractivity contribution in [1.29, 1.82) is 5.41 Å². The molecule has 1 heteroatoms. The minimum absolute atomic E-state index is 0.609. The largest absolute Gasteiger partial charge is 0.306 e. The van der Waals surface area contributed by atoms with Gasteiger partial charge in [0, 0.05) is 5.71 Å². The predicted molar refractivity (Wildman–Crippen MR) is 55.8 cm³/mol. The highest BCUT2D eigenvalue weighted by Gasteiger charge is 1.95. The van der Waals surface area contributed by atoms with Crippen molar-refractivity contribution in [1.82, 2.24) is 0 Å². The topological polar surface area (TPSA) is 23.9 Å². The Bertz CT molecular complexity index is 197. The van der Waals surface area contributed by atoms with E-state index in [0.29, 0.717) is 11.6 Å². The average molecular weight is 165 g/mol. The van der Waals surface area contributed by atoms with Crippen LogP contribution in [-0.4, -0.2) is 5.71 Å². The van der Waals surface area contributed by atoms with E-state index >= 15 is 0 Å². The monoisotopic (exact) mass is 165 g/mol. The van der Waals surface area contributed by atoms with Gasteiger partial charge < -0.3 is 5.41 Å². The van der Waals surface area contributed by atoms with Crippen LogP contribution >= 0.6 is 0 Å². The number of hydrogen-bond donors (Lipinski definition) is 1. The van der Waals surface area contributed by atoms with Gasteiger partial charge in [0.25, 0.3) is 0 Å². The summed E-state index contributed by atoms with van der Waals surface area (Å²) in [5.41, 5.74) is 1.93. The molecule has 0 aliphatic heterocycles. The Kier molecular flexibility index (Phi) is 5.35. The highest BCUT2D eigenvalue weighted by atomic mass is 14.4. The zero-order valence-corrected chi connectivity index (χ0v) is 8.52. The Labute approximate surface area is 75.7 Å². The van der Waals surface area contributed by atoms with Crippen LogP contribution in [0.5, 0.6) is 0 Å². The van der Waals surface area contributed by atoms with Crippen LogP contribution in [0.1, 0.15) is 34.1 Å².